The van der Waals surface area contributed by atoms with Gasteiger partial charge in [0, 0.05) is 0 Å². The summed E-state index contributed by atoms with van der Waals surface area (Å²) in [5.41, 5.74) is -0.283. The minimum atomic E-state index is -1.11. The van der Waals surface area contributed by atoms with E-state index in [1.54, 1.807) is 6.07 Å². The van der Waals surface area contributed by atoms with E-state index in [1.165, 1.54) is 69.9 Å². The third-order valence-electron chi connectivity index (χ3n) is 7.06. The number of benzene rings is 1. The van der Waals surface area contributed by atoms with E-state index < -0.39 is 11.6 Å². The maximum Gasteiger partial charge on any atom is 0.201 e. The maximum absolute atomic E-state index is 14.0. The van der Waals surface area contributed by atoms with Crippen LogP contribution in [0.3, 0.4) is 0 Å². The molecule has 154 valence electrons. The van der Waals surface area contributed by atoms with Crippen molar-refractivity contribution < 1.29 is 13.5 Å². The van der Waals surface area contributed by atoms with Gasteiger partial charge in [-0.2, -0.15) is 9.65 Å². The van der Waals surface area contributed by atoms with Gasteiger partial charge in [0.05, 0.1) is 12.2 Å². The van der Waals surface area contributed by atoms with Crippen LogP contribution in [0.25, 0.3) is 0 Å². The molecule has 2 aliphatic rings. The van der Waals surface area contributed by atoms with Gasteiger partial charge < -0.3 is 4.74 Å². The van der Waals surface area contributed by atoms with Gasteiger partial charge in [0.15, 0.2) is 11.6 Å². The largest absolute Gasteiger partial charge is 0.490 e. The first-order chi connectivity index (χ1) is 13.6. The third kappa shape index (κ3) is 5.25. The Balaban J connectivity index is 1.40. The molecule has 0 radical (unpaired) electrons. The van der Waals surface area contributed by atoms with Crippen molar-refractivity contribution in [1.29, 1.82) is 5.26 Å². The van der Waals surface area contributed by atoms with E-state index in [0.29, 0.717) is 12.5 Å². The highest BCUT2D eigenvalue weighted by atomic mass is 19.2. The molecule has 0 aliphatic heterocycles. The fraction of sp³-hybridized carbons (Fsp3) is 0.708. The minimum Gasteiger partial charge on any atom is -0.490 e. The molecule has 0 atom stereocenters. The molecule has 0 unspecified atom stereocenters. The van der Waals surface area contributed by atoms with E-state index in [1.807, 2.05) is 0 Å². The topological polar surface area (TPSA) is 33.0 Å². The molecule has 3 rings (SSSR count). The second kappa shape index (κ2) is 10.2. The van der Waals surface area contributed by atoms with E-state index in [4.69, 9.17) is 10.00 Å². The van der Waals surface area contributed by atoms with Gasteiger partial charge in [-0.15, -0.1) is 0 Å². The average molecular weight is 390 g/mol. The van der Waals surface area contributed by atoms with Crippen molar-refractivity contribution in [1.82, 2.24) is 0 Å². The lowest BCUT2D eigenvalue weighted by molar-refractivity contribution is 0.120. The summed E-state index contributed by atoms with van der Waals surface area (Å²) >= 11 is 0. The van der Waals surface area contributed by atoms with E-state index in [9.17, 15) is 8.78 Å². The number of hydrogen-bond acceptors (Lipinski definition) is 2. The van der Waals surface area contributed by atoms with Crippen molar-refractivity contribution in [3.63, 3.8) is 0 Å². The van der Waals surface area contributed by atoms with Crippen molar-refractivity contribution in [3.8, 4) is 11.8 Å². The summed E-state index contributed by atoms with van der Waals surface area (Å²) in [6, 6.07) is 4.29. The number of nitrogens with zero attached hydrogens (tertiary/aromatic N) is 1. The second-order valence-electron chi connectivity index (χ2n) is 8.87. The molecule has 2 nitrogen and oxygen atoms in total. The molecule has 2 saturated carbocycles. The zero-order chi connectivity index (χ0) is 19.9. The minimum absolute atomic E-state index is 0.0796. The Bertz CT molecular complexity index is 668. The predicted octanol–water partition coefficient (Wildman–Crippen LogP) is 7.02. The summed E-state index contributed by atoms with van der Waals surface area (Å²) in [6.45, 7) is 2.71. The van der Waals surface area contributed by atoms with Crippen LogP contribution >= 0.6 is 0 Å². The molecule has 2 fully saturated rings. The first-order valence-electron chi connectivity index (χ1n) is 11.1. The van der Waals surface area contributed by atoms with E-state index in [2.05, 4.69) is 6.92 Å². The fourth-order valence-electron chi connectivity index (χ4n) is 5.20. The Kier molecular flexibility index (Phi) is 7.71. The quantitative estimate of drug-likeness (QED) is 0.502. The number of nitriles is 1. The van der Waals surface area contributed by atoms with Gasteiger partial charge >= 0.3 is 0 Å². The lowest BCUT2D eigenvalue weighted by Crippen LogP contribution is -2.27. The fourth-order valence-corrected chi connectivity index (χ4v) is 5.20. The Hall–Kier alpha value is -1.63. The van der Waals surface area contributed by atoms with Crippen LogP contribution in [0.2, 0.25) is 0 Å². The zero-order valence-corrected chi connectivity index (χ0v) is 17.1. The highest BCUT2D eigenvalue weighted by Crippen LogP contribution is 2.42. The van der Waals surface area contributed by atoms with Crippen LogP contribution in [-0.4, -0.2) is 6.61 Å². The van der Waals surface area contributed by atoms with Gasteiger partial charge in [-0.25, -0.2) is 4.39 Å². The first kappa shape index (κ1) is 21.1. The number of unbranched alkanes of at least 4 members (excludes halogenated alkanes) is 1. The van der Waals surface area contributed by atoms with Crippen molar-refractivity contribution in [2.45, 2.75) is 77.6 Å². The van der Waals surface area contributed by atoms with E-state index in [-0.39, 0.29) is 11.3 Å². The Morgan fingerprint density at radius 1 is 0.929 bits per heavy atom. The van der Waals surface area contributed by atoms with Crippen LogP contribution in [0.1, 0.15) is 83.1 Å². The predicted molar refractivity (Wildman–Crippen MR) is 107 cm³/mol. The monoisotopic (exact) mass is 389 g/mol. The molecule has 0 aromatic heterocycles. The maximum atomic E-state index is 14.0. The van der Waals surface area contributed by atoms with Crippen LogP contribution in [0.5, 0.6) is 5.75 Å². The molecule has 0 bridgehead atoms. The summed E-state index contributed by atoms with van der Waals surface area (Å²) in [5, 5.41) is 8.75. The SMILES string of the molecule is CCCC[C@H]1CC[C@H]([C@H]2CC[C@H](COc3ccc(C#N)c(F)c3F)CC2)CC1. The number of halogens is 2. The summed E-state index contributed by atoms with van der Waals surface area (Å²) in [6.07, 6.45) is 14.4. The van der Waals surface area contributed by atoms with Crippen LogP contribution in [0.15, 0.2) is 12.1 Å². The smallest absolute Gasteiger partial charge is 0.201 e. The number of hydrogen-bond donors (Lipinski definition) is 0. The molecule has 0 spiro atoms. The highest BCUT2D eigenvalue weighted by Gasteiger charge is 2.31. The van der Waals surface area contributed by atoms with Gasteiger partial charge in [-0.1, -0.05) is 39.0 Å². The summed E-state index contributed by atoms with van der Waals surface area (Å²) in [7, 11) is 0. The van der Waals surface area contributed by atoms with Crippen molar-refractivity contribution in [2.75, 3.05) is 6.61 Å². The molecule has 0 saturated heterocycles. The lowest BCUT2D eigenvalue weighted by atomic mass is 9.69. The summed E-state index contributed by atoms with van der Waals surface area (Å²) < 4.78 is 33.2. The van der Waals surface area contributed by atoms with E-state index >= 15 is 0 Å². The third-order valence-corrected chi connectivity index (χ3v) is 7.06. The normalized spacial score (nSPS) is 27.9. The number of ether oxygens (including phenoxy) is 1. The van der Waals surface area contributed by atoms with Gasteiger partial charge in [-0.05, 0) is 74.3 Å². The standard InChI is InChI=1S/C24H33F2NO/c1-2-3-4-17-5-9-19(10-6-17)20-11-7-18(8-12-20)16-28-22-14-13-21(15-27)23(25)24(22)26/h13-14,17-20H,2-12,16H2,1H3/t17-,18-,19-,20-. The molecule has 0 N–H and O–H groups in total. The van der Waals surface area contributed by atoms with Crippen molar-refractivity contribution in [3.05, 3.63) is 29.3 Å². The molecular weight excluding hydrogens is 356 g/mol. The van der Waals surface area contributed by atoms with Crippen molar-refractivity contribution >= 4 is 0 Å². The molecule has 1 aromatic carbocycles. The van der Waals surface area contributed by atoms with Gasteiger partial charge in [0.2, 0.25) is 5.82 Å². The summed E-state index contributed by atoms with van der Waals surface area (Å²) in [5.74, 6) is 0.867. The van der Waals surface area contributed by atoms with Gasteiger partial charge in [0.25, 0.3) is 0 Å². The molecular formula is C24H33F2NO. The molecule has 4 heteroatoms. The average Bonchev–Trinajstić information content (AvgIpc) is 2.74. The first-order valence-corrected chi connectivity index (χ1v) is 11.1. The van der Waals surface area contributed by atoms with Gasteiger partial charge in [-0.3, -0.25) is 0 Å². The Labute approximate surface area is 168 Å². The zero-order valence-electron chi connectivity index (χ0n) is 17.1. The lowest BCUT2D eigenvalue weighted by Gasteiger charge is -2.38. The van der Waals surface area contributed by atoms with Crippen LogP contribution in [0, 0.1) is 46.6 Å². The molecule has 0 heterocycles. The van der Waals surface area contributed by atoms with Crippen LogP contribution in [-0.2, 0) is 0 Å². The number of rotatable bonds is 7. The van der Waals surface area contributed by atoms with E-state index in [0.717, 1.165) is 30.6 Å². The van der Waals surface area contributed by atoms with Crippen molar-refractivity contribution in [2.24, 2.45) is 23.7 Å². The molecule has 28 heavy (non-hydrogen) atoms. The second-order valence-corrected chi connectivity index (χ2v) is 8.87. The molecule has 2 aliphatic carbocycles. The molecule has 1 aromatic rings. The highest BCUT2D eigenvalue weighted by molar-refractivity contribution is 5.37. The Morgan fingerprint density at radius 3 is 2.11 bits per heavy atom. The van der Waals surface area contributed by atoms with Crippen LogP contribution < -0.4 is 4.74 Å². The Morgan fingerprint density at radius 2 is 1.54 bits per heavy atom. The van der Waals surface area contributed by atoms with Crippen LogP contribution in [0.4, 0.5) is 8.78 Å². The van der Waals surface area contributed by atoms with Gasteiger partial charge in [0.1, 0.15) is 6.07 Å². The molecule has 0 amide bonds. The summed E-state index contributed by atoms with van der Waals surface area (Å²) in [4.78, 5) is 0.